The molecule has 0 amide bonds. The Kier molecular flexibility index (Phi) is 3.23. The molecule has 0 spiro atoms. The topological polar surface area (TPSA) is 46.2 Å². The van der Waals surface area contributed by atoms with Crippen LogP contribution in [0.3, 0.4) is 0 Å². The van der Waals surface area contributed by atoms with Gasteiger partial charge < -0.3 is 10.8 Å². The van der Waals surface area contributed by atoms with Crippen LogP contribution in [0.2, 0.25) is 5.02 Å². The van der Waals surface area contributed by atoms with Gasteiger partial charge in [-0.2, -0.15) is 0 Å². The lowest BCUT2D eigenvalue weighted by molar-refractivity contribution is 0.115. The average molecular weight is 226 g/mol. The average Bonchev–Trinajstić information content (AvgIpc) is 2.13. The third-order valence-corrected chi connectivity index (χ3v) is 2.02. The van der Waals surface area contributed by atoms with E-state index in [-0.39, 0.29) is 10.6 Å². The number of halogens is 4. The van der Waals surface area contributed by atoms with E-state index < -0.39 is 24.0 Å². The number of hydrogen-bond acceptors (Lipinski definition) is 2. The van der Waals surface area contributed by atoms with E-state index in [0.29, 0.717) is 0 Å². The van der Waals surface area contributed by atoms with Crippen LogP contribution in [-0.2, 0) is 0 Å². The molecular formula is C8H7ClF3NO. The van der Waals surface area contributed by atoms with Gasteiger partial charge in [0.25, 0.3) is 6.43 Å². The zero-order chi connectivity index (χ0) is 10.9. The number of nitrogens with two attached hydrogens (primary N) is 1. The molecular weight excluding hydrogens is 219 g/mol. The van der Waals surface area contributed by atoms with Crippen molar-refractivity contribution in [3.8, 4) is 5.75 Å². The maximum atomic E-state index is 12.9. The van der Waals surface area contributed by atoms with E-state index in [1.807, 2.05) is 0 Å². The third kappa shape index (κ3) is 1.93. The molecule has 0 radical (unpaired) electrons. The molecule has 0 heterocycles. The lowest BCUT2D eigenvalue weighted by atomic mass is 10.1. The lowest BCUT2D eigenvalue weighted by Crippen LogP contribution is -2.19. The van der Waals surface area contributed by atoms with Crippen molar-refractivity contribution in [2.45, 2.75) is 12.5 Å². The number of alkyl halides is 2. The normalized spacial score (nSPS) is 13.3. The fourth-order valence-corrected chi connectivity index (χ4v) is 1.11. The van der Waals surface area contributed by atoms with Crippen molar-refractivity contribution >= 4 is 11.6 Å². The Morgan fingerprint density at radius 3 is 2.43 bits per heavy atom. The summed E-state index contributed by atoms with van der Waals surface area (Å²) in [7, 11) is 0. The molecule has 2 nitrogen and oxygen atoms in total. The van der Waals surface area contributed by atoms with Crippen LogP contribution in [0.15, 0.2) is 12.1 Å². The summed E-state index contributed by atoms with van der Waals surface area (Å²) in [4.78, 5) is 0. The Balaban J connectivity index is 3.17. The number of phenolic OH excluding ortho intramolecular Hbond substituents is 1. The maximum absolute atomic E-state index is 12.9. The molecule has 1 rings (SSSR count). The van der Waals surface area contributed by atoms with Crippen LogP contribution in [-0.4, -0.2) is 11.5 Å². The van der Waals surface area contributed by atoms with Gasteiger partial charge in [0.1, 0.15) is 0 Å². The first kappa shape index (κ1) is 11.1. The Bertz CT molecular complexity index is 346. The summed E-state index contributed by atoms with van der Waals surface area (Å²) < 4.78 is 37.2. The molecule has 78 valence electrons. The molecule has 1 aromatic carbocycles. The Morgan fingerprint density at radius 2 is 1.93 bits per heavy atom. The molecule has 0 aromatic heterocycles. The number of hydrogen-bond donors (Lipinski definition) is 2. The fourth-order valence-electron chi connectivity index (χ4n) is 0.960. The van der Waals surface area contributed by atoms with Gasteiger partial charge in [0.2, 0.25) is 0 Å². The molecule has 6 heteroatoms. The van der Waals surface area contributed by atoms with Gasteiger partial charge in [0, 0.05) is 5.56 Å². The van der Waals surface area contributed by atoms with Crippen LogP contribution in [0, 0.1) is 5.82 Å². The van der Waals surface area contributed by atoms with Gasteiger partial charge in [-0.05, 0) is 6.07 Å². The molecule has 3 N–H and O–H groups in total. The first-order chi connectivity index (χ1) is 6.45. The van der Waals surface area contributed by atoms with Crippen molar-refractivity contribution in [2.75, 3.05) is 0 Å². The predicted molar refractivity (Wildman–Crippen MR) is 46.0 cm³/mol. The first-order valence-electron chi connectivity index (χ1n) is 3.65. The van der Waals surface area contributed by atoms with Gasteiger partial charge in [-0.1, -0.05) is 17.7 Å². The molecule has 1 unspecified atom stereocenters. The first-order valence-corrected chi connectivity index (χ1v) is 4.03. The molecule has 0 saturated heterocycles. The molecule has 0 saturated carbocycles. The van der Waals surface area contributed by atoms with Gasteiger partial charge in [0.05, 0.1) is 11.1 Å². The van der Waals surface area contributed by atoms with Crippen LogP contribution in [0.5, 0.6) is 5.75 Å². The van der Waals surface area contributed by atoms with Crippen molar-refractivity contribution in [1.82, 2.24) is 0 Å². The fraction of sp³-hybridized carbons (Fsp3) is 0.250. The molecule has 1 atom stereocenters. The quantitative estimate of drug-likeness (QED) is 0.812. The SMILES string of the molecule is NC(c1ccc(Cl)c(F)c1O)C(F)F. The molecule has 1 aromatic rings. The highest BCUT2D eigenvalue weighted by Gasteiger charge is 2.23. The molecule has 0 bridgehead atoms. The Labute approximate surface area is 83.1 Å². The van der Waals surface area contributed by atoms with Crippen LogP contribution >= 0.6 is 11.6 Å². The predicted octanol–water partition coefficient (Wildman–Crippen LogP) is 2.45. The van der Waals surface area contributed by atoms with Crippen LogP contribution in [0.1, 0.15) is 11.6 Å². The highest BCUT2D eigenvalue weighted by molar-refractivity contribution is 6.30. The Morgan fingerprint density at radius 1 is 1.36 bits per heavy atom. The monoisotopic (exact) mass is 225 g/mol. The summed E-state index contributed by atoms with van der Waals surface area (Å²) in [6.07, 6.45) is -2.87. The summed E-state index contributed by atoms with van der Waals surface area (Å²) in [6.45, 7) is 0. The summed E-state index contributed by atoms with van der Waals surface area (Å²) >= 11 is 5.31. The van der Waals surface area contributed by atoms with Gasteiger partial charge in [-0.3, -0.25) is 0 Å². The summed E-state index contributed by atoms with van der Waals surface area (Å²) in [5.41, 5.74) is 4.68. The lowest BCUT2D eigenvalue weighted by Gasteiger charge is -2.13. The van der Waals surface area contributed by atoms with E-state index in [9.17, 15) is 13.2 Å². The second kappa shape index (κ2) is 4.06. The Hall–Kier alpha value is -0.940. The zero-order valence-corrected chi connectivity index (χ0v) is 7.60. The van der Waals surface area contributed by atoms with Crippen molar-refractivity contribution in [2.24, 2.45) is 5.73 Å². The minimum absolute atomic E-state index is 0.340. The molecule has 0 fully saturated rings. The summed E-state index contributed by atoms with van der Waals surface area (Å²) in [6, 6.07) is 0.410. The zero-order valence-electron chi connectivity index (χ0n) is 6.85. The van der Waals surface area contributed by atoms with Gasteiger partial charge in [0.15, 0.2) is 11.6 Å². The van der Waals surface area contributed by atoms with Gasteiger partial charge in [-0.15, -0.1) is 0 Å². The minimum atomic E-state index is -2.87. The van der Waals surface area contributed by atoms with Crippen molar-refractivity contribution in [3.05, 3.63) is 28.5 Å². The third-order valence-electron chi connectivity index (χ3n) is 1.73. The van der Waals surface area contributed by atoms with E-state index in [1.165, 1.54) is 0 Å². The maximum Gasteiger partial charge on any atom is 0.257 e. The van der Waals surface area contributed by atoms with E-state index in [4.69, 9.17) is 22.4 Å². The highest BCUT2D eigenvalue weighted by atomic mass is 35.5. The molecule has 0 aliphatic rings. The van der Waals surface area contributed by atoms with E-state index in [1.54, 1.807) is 0 Å². The van der Waals surface area contributed by atoms with Crippen molar-refractivity contribution < 1.29 is 18.3 Å². The van der Waals surface area contributed by atoms with Crippen molar-refractivity contribution in [3.63, 3.8) is 0 Å². The molecule has 14 heavy (non-hydrogen) atoms. The number of aromatic hydroxyl groups is 1. The number of phenols is 1. The molecule has 0 aliphatic heterocycles. The second-order valence-electron chi connectivity index (χ2n) is 2.66. The van der Waals surface area contributed by atoms with E-state index in [0.717, 1.165) is 12.1 Å². The van der Waals surface area contributed by atoms with Crippen molar-refractivity contribution in [1.29, 1.82) is 0 Å². The summed E-state index contributed by atoms with van der Waals surface area (Å²) in [5.74, 6) is -2.06. The van der Waals surface area contributed by atoms with Crippen LogP contribution < -0.4 is 5.73 Å². The second-order valence-corrected chi connectivity index (χ2v) is 3.07. The molecule has 0 aliphatic carbocycles. The minimum Gasteiger partial charge on any atom is -0.505 e. The van der Waals surface area contributed by atoms with Gasteiger partial charge in [-0.25, -0.2) is 13.2 Å². The smallest absolute Gasteiger partial charge is 0.257 e. The number of benzene rings is 1. The summed E-state index contributed by atoms with van der Waals surface area (Å²) in [5, 5.41) is 8.78. The van der Waals surface area contributed by atoms with Gasteiger partial charge >= 0.3 is 0 Å². The van der Waals surface area contributed by atoms with E-state index >= 15 is 0 Å². The van der Waals surface area contributed by atoms with Crippen LogP contribution in [0.25, 0.3) is 0 Å². The van der Waals surface area contributed by atoms with Crippen LogP contribution in [0.4, 0.5) is 13.2 Å². The highest BCUT2D eigenvalue weighted by Crippen LogP contribution is 2.32. The largest absolute Gasteiger partial charge is 0.505 e. The van der Waals surface area contributed by atoms with E-state index in [2.05, 4.69) is 0 Å². The standard InChI is InChI=1S/C8H7ClF3NO/c9-4-2-1-3(6(13)8(11)12)7(14)5(4)10/h1-2,6,8,14H,13H2. The number of rotatable bonds is 2.